The molecular formula is C6H7N3O. The summed E-state index contributed by atoms with van der Waals surface area (Å²) < 4.78 is 0. The van der Waals surface area contributed by atoms with Gasteiger partial charge in [-0.2, -0.15) is 0 Å². The third kappa shape index (κ3) is 1.28. The third-order valence-corrected chi connectivity index (χ3v) is 1.17. The maximum Gasteiger partial charge on any atom is 0.0806 e. The Hall–Kier alpha value is -1.45. The minimum atomic E-state index is 0.650. The number of nitrogens with one attached hydrogen (secondary N) is 1. The fraction of sp³-hybridized carbons (Fsp3) is 0.167. The Labute approximate surface area is 58.2 Å². The molecule has 1 aromatic heterocycles. The minimum absolute atomic E-state index is 0.650. The minimum Gasteiger partial charge on any atom is -0.259 e. The van der Waals surface area contributed by atoms with Crippen LogP contribution in [0.2, 0.25) is 0 Å². The van der Waals surface area contributed by atoms with Gasteiger partial charge in [0.05, 0.1) is 16.7 Å². The van der Waals surface area contributed by atoms with Gasteiger partial charge < -0.3 is 0 Å². The van der Waals surface area contributed by atoms with Gasteiger partial charge in [0.25, 0.3) is 0 Å². The Balaban J connectivity index is 2.91. The number of pyridine rings is 1. The fourth-order valence-electron chi connectivity index (χ4n) is 0.652. The smallest absolute Gasteiger partial charge is 0.0806 e. The van der Waals surface area contributed by atoms with Crippen molar-refractivity contribution in [2.45, 2.75) is 6.92 Å². The van der Waals surface area contributed by atoms with E-state index in [0.29, 0.717) is 5.69 Å². The predicted molar refractivity (Wildman–Crippen MR) is 38.4 cm³/mol. The van der Waals surface area contributed by atoms with Gasteiger partial charge in [-0.15, -0.1) is 4.91 Å². The summed E-state index contributed by atoms with van der Waals surface area (Å²) in [6, 6.07) is 3.48. The van der Waals surface area contributed by atoms with Crippen LogP contribution in [0, 0.1) is 11.8 Å². The van der Waals surface area contributed by atoms with Crippen LogP contribution in [0.3, 0.4) is 0 Å². The van der Waals surface area contributed by atoms with E-state index < -0.39 is 0 Å². The lowest BCUT2D eigenvalue weighted by Crippen LogP contribution is -1.90. The van der Waals surface area contributed by atoms with Crippen LogP contribution in [0.25, 0.3) is 0 Å². The number of aryl methyl sites for hydroxylation is 1. The van der Waals surface area contributed by atoms with Crippen molar-refractivity contribution in [1.29, 1.82) is 0 Å². The zero-order chi connectivity index (χ0) is 7.40. The topological polar surface area (TPSA) is 54.4 Å². The van der Waals surface area contributed by atoms with Gasteiger partial charge in [-0.25, -0.2) is 5.43 Å². The normalized spacial score (nSPS) is 8.90. The van der Waals surface area contributed by atoms with Crippen LogP contribution < -0.4 is 5.43 Å². The lowest BCUT2D eigenvalue weighted by Gasteiger charge is -1.97. The highest BCUT2D eigenvalue weighted by molar-refractivity contribution is 5.45. The predicted octanol–water partition coefficient (Wildman–Crippen LogP) is 1.48. The molecule has 0 bridgehead atoms. The molecule has 4 heteroatoms. The third-order valence-electron chi connectivity index (χ3n) is 1.17. The van der Waals surface area contributed by atoms with Crippen molar-refractivity contribution in [2.75, 3.05) is 5.43 Å². The Morgan fingerprint density at radius 2 is 2.50 bits per heavy atom. The second kappa shape index (κ2) is 2.91. The molecule has 0 aliphatic heterocycles. The van der Waals surface area contributed by atoms with Gasteiger partial charge in [0.1, 0.15) is 0 Å². The molecule has 1 heterocycles. The van der Waals surface area contributed by atoms with Crippen LogP contribution in [-0.2, 0) is 0 Å². The highest BCUT2D eigenvalue weighted by Crippen LogP contribution is 2.08. The molecule has 0 aliphatic carbocycles. The van der Waals surface area contributed by atoms with Crippen LogP contribution in [0.15, 0.2) is 23.6 Å². The number of rotatable bonds is 2. The highest BCUT2D eigenvalue weighted by atomic mass is 16.3. The van der Waals surface area contributed by atoms with Crippen molar-refractivity contribution >= 4 is 5.69 Å². The van der Waals surface area contributed by atoms with Crippen molar-refractivity contribution in [3.05, 3.63) is 28.9 Å². The van der Waals surface area contributed by atoms with Gasteiger partial charge in [0.15, 0.2) is 0 Å². The molecule has 0 aliphatic rings. The average molecular weight is 137 g/mol. The molecule has 52 valence electrons. The largest absolute Gasteiger partial charge is 0.259 e. The first-order chi connectivity index (χ1) is 4.84. The van der Waals surface area contributed by atoms with Gasteiger partial charge in [-0.3, -0.25) is 4.98 Å². The quantitative estimate of drug-likeness (QED) is 0.496. The summed E-state index contributed by atoms with van der Waals surface area (Å²) in [6.07, 6.45) is 1.66. The molecule has 1 rings (SSSR count). The number of hydrogen-bond acceptors (Lipinski definition) is 3. The SMILES string of the molecule is Cc1ncccc1NN=O. The van der Waals surface area contributed by atoms with Crippen molar-refractivity contribution < 1.29 is 0 Å². The van der Waals surface area contributed by atoms with Gasteiger partial charge in [-0.1, -0.05) is 0 Å². The molecule has 0 unspecified atom stereocenters. The molecule has 0 fully saturated rings. The molecule has 0 radical (unpaired) electrons. The van der Waals surface area contributed by atoms with Crippen LogP contribution in [0.4, 0.5) is 5.69 Å². The number of aromatic nitrogens is 1. The fourth-order valence-corrected chi connectivity index (χ4v) is 0.652. The van der Waals surface area contributed by atoms with Gasteiger partial charge in [0.2, 0.25) is 0 Å². The number of anilines is 1. The van der Waals surface area contributed by atoms with Gasteiger partial charge in [0, 0.05) is 6.20 Å². The van der Waals surface area contributed by atoms with Crippen LogP contribution in [-0.4, -0.2) is 4.98 Å². The first-order valence-electron chi connectivity index (χ1n) is 2.84. The molecule has 1 N–H and O–H groups in total. The zero-order valence-corrected chi connectivity index (χ0v) is 5.53. The summed E-state index contributed by atoms with van der Waals surface area (Å²) in [5.41, 5.74) is 3.70. The van der Waals surface area contributed by atoms with Crippen LogP contribution in [0.5, 0.6) is 0 Å². The second-order valence-electron chi connectivity index (χ2n) is 1.84. The molecule has 0 amide bonds. The summed E-state index contributed by atoms with van der Waals surface area (Å²) in [7, 11) is 0. The summed E-state index contributed by atoms with van der Waals surface area (Å²) >= 11 is 0. The first-order valence-corrected chi connectivity index (χ1v) is 2.84. The Morgan fingerprint density at radius 3 is 3.10 bits per heavy atom. The van der Waals surface area contributed by atoms with Crippen molar-refractivity contribution in [3.8, 4) is 0 Å². The van der Waals surface area contributed by atoms with Crippen LogP contribution in [0.1, 0.15) is 5.69 Å². The van der Waals surface area contributed by atoms with E-state index >= 15 is 0 Å². The summed E-state index contributed by atoms with van der Waals surface area (Å²) in [5, 5.41) is 2.53. The maximum absolute atomic E-state index is 9.74. The number of hydrogen-bond donors (Lipinski definition) is 1. The summed E-state index contributed by atoms with van der Waals surface area (Å²) in [5.74, 6) is 0. The van der Waals surface area contributed by atoms with E-state index in [9.17, 15) is 4.91 Å². The average Bonchev–Trinajstić information content (AvgIpc) is 1.94. The standard InChI is InChI=1S/C6H7N3O/c1-5-6(8-9-10)3-2-4-7-5/h2-4H,1H3,(H,8,10). The number of nitroso groups, excluding NO2 is 1. The monoisotopic (exact) mass is 137 g/mol. The molecule has 10 heavy (non-hydrogen) atoms. The molecule has 4 nitrogen and oxygen atoms in total. The number of nitrogens with zero attached hydrogens (tertiary/aromatic N) is 2. The molecule has 1 aromatic rings. The summed E-state index contributed by atoms with van der Waals surface area (Å²) in [4.78, 5) is 13.7. The Morgan fingerprint density at radius 1 is 1.70 bits per heavy atom. The highest BCUT2D eigenvalue weighted by Gasteiger charge is 1.93. The van der Waals surface area contributed by atoms with Gasteiger partial charge in [-0.05, 0) is 19.1 Å². The van der Waals surface area contributed by atoms with E-state index in [4.69, 9.17) is 0 Å². The van der Waals surface area contributed by atoms with Crippen LogP contribution >= 0.6 is 0 Å². The molecule has 0 atom stereocenters. The molecule has 0 spiro atoms. The Kier molecular flexibility index (Phi) is 1.94. The lowest BCUT2D eigenvalue weighted by molar-refractivity contribution is 1.17. The molecule has 0 aromatic carbocycles. The Bertz CT molecular complexity index is 236. The van der Waals surface area contributed by atoms with E-state index in [1.54, 1.807) is 25.3 Å². The van der Waals surface area contributed by atoms with Crippen molar-refractivity contribution in [1.82, 2.24) is 4.98 Å². The molecule has 0 saturated carbocycles. The second-order valence-corrected chi connectivity index (χ2v) is 1.84. The lowest BCUT2D eigenvalue weighted by atomic mass is 10.3. The summed E-state index contributed by atoms with van der Waals surface area (Å²) in [6.45, 7) is 1.80. The van der Waals surface area contributed by atoms with E-state index in [0.717, 1.165) is 5.69 Å². The van der Waals surface area contributed by atoms with E-state index in [1.807, 2.05) is 0 Å². The first kappa shape index (κ1) is 6.67. The molecular weight excluding hydrogens is 130 g/mol. The van der Waals surface area contributed by atoms with Crippen molar-refractivity contribution in [3.63, 3.8) is 0 Å². The zero-order valence-electron chi connectivity index (χ0n) is 5.53. The maximum atomic E-state index is 9.74. The van der Waals surface area contributed by atoms with E-state index in [2.05, 4.69) is 15.7 Å². The van der Waals surface area contributed by atoms with Gasteiger partial charge >= 0.3 is 0 Å². The van der Waals surface area contributed by atoms with Crippen molar-refractivity contribution in [2.24, 2.45) is 5.29 Å². The molecule has 0 saturated heterocycles. The van der Waals surface area contributed by atoms with E-state index in [-0.39, 0.29) is 0 Å². The van der Waals surface area contributed by atoms with E-state index in [1.165, 1.54) is 0 Å².